The fourth-order valence-corrected chi connectivity index (χ4v) is 10.6. The van der Waals surface area contributed by atoms with Crippen LogP contribution in [0.1, 0.15) is 34.6 Å². The predicted octanol–water partition coefficient (Wildman–Crippen LogP) is -14.2. The highest BCUT2D eigenvalue weighted by molar-refractivity contribution is 5.74. The van der Waals surface area contributed by atoms with Crippen LogP contribution in [0, 0.1) is 0 Å². The molecule has 6 fully saturated rings. The highest BCUT2D eigenvalue weighted by Crippen LogP contribution is 2.37. The monoisotopic (exact) mass is 1250 g/mol. The average molecular weight is 1250 g/mol. The Kier molecular flexibility index (Phi) is 26.2. The van der Waals surface area contributed by atoms with Gasteiger partial charge in [0.25, 0.3) is 0 Å². The first kappa shape index (κ1) is 71.2. The quantitative estimate of drug-likeness (QED) is 0.0427. The molecule has 6 aliphatic heterocycles. The van der Waals surface area contributed by atoms with Gasteiger partial charge in [0.15, 0.2) is 37.7 Å². The Labute approximate surface area is 483 Å². The molecule has 0 bridgehead atoms. The normalized spacial score (nSPS) is 45.9. The Morgan fingerprint density at radius 1 is 0.424 bits per heavy atom. The number of aliphatic hydroxyl groups is 19. The Bertz CT molecular complexity index is 2100. The van der Waals surface area contributed by atoms with E-state index in [-0.39, 0.29) is 0 Å². The molecular formula is C48H83N3O34. The van der Waals surface area contributed by atoms with Gasteiger partial charge in [0.2, 0.25) is 17.7 Å². The number of aliphatic hydroxyl groups excluding tert-OH is 19. The molecule has 494 valence electrons. The van der Waals surface area contributed by atoms with Gasteiger partial charge in [-0.05, 0) is 13.8 Å². The molecule has 0 aromatic heterocycles. The van der Waals surface area contributed by atoms with Crippen molar-refractivity contribution in [1.82, 2.24) is 16.0 Å². The van der Waals surface area contributed by atoms with Crippen LogP contribution in [0.4, 0.5) is 0 Å². The fraction of sp³-hybridized carbons (Fsp3) is 0.938. The van der Waals surface area contributed by atoms with Gasteiger partial charge in [-0.1, -0.05) is 0 Å². The van der Waals surface area contributed by atoms with E-state index in [0.717, 1.165) is 20.8 Å². The lowest BCUT2D eigenvalue weighted by Gasteiger charge is -2.50. The third-order valence-electron chi connectivity index (χ3n) is 15.3. The number of hydrogen-bond acceptors (Lipinski definition) is 34. The molecule has 0 spiro atoms. The van der Waals surface area contributed by atoms with Crippen LogP contribution < -0.4 is 16.0 Å². The van der Waals surface area contributed by atoms with E-state index in [4.69, 9.17) is 56.8 Å². The molecule has 6 heterocycles. The molecule has 34 atom stereocenters. The molecule has 37 nitrogen and oxygen atoms in total. The molecule has 3 amide bonds. The maximum Gasteiger partial charge on any atom is 0.217 e. The zero-order valence-corrected chi connectivity index (χ0v) is 46.5. The van der Waals surface area contributed by atoms with Crippen LogP contribution in [-0.2, 0) is 71.2 Å². The van der Waals surface area contributed by atoms with Crippen LogP contribution in [0.3, 0.4) is 0 Å². The zero-order chi connectivity index (χ0) is 63.2. The smallest absolute Gasteiger partial charge is 0.217 e. The number of carbonyl (C=O) groups is 3. The van der Waals surface area contributed by atoms with Gasteiger partial charge in [-0.3, -0.25) is 14.4 Å². The number of rotatable bonds is 24. The summed E-state index contributed by atoms with van der Waals surface area (Å²) in [5.74, 6) is -2.57. The van der Waals surface area contributed by atoms with Crippen LogP contribution >= 0.6 is 0 Å². The van der Waals surface area contributed by atoms with Crippen molar-refractivity contribution in [3.63, 3.8) is 0 Å². The molecule has 85 heavy (non-hydrogen) atoms. The first-order valence-electron chi connectivity index (χ1n) is 27.2. The predicted molar refractivity (Wildman–Crippen MR) is 266 cm³/mol. The van der Waals surface area contributed by atoms with Crippen LogP contribution in [0.2, 0.25) is 0 Å². The summed E-state index contributed by atoms with van der Waals surface area (Å²) in [5, 5.41) is 214. The topological polar surface area (TPSA) is 582 Å². The molecule has 6 rings (SSSR count). The van der Waals surface area contributed by atoms with Crippen LogP contribution in [0.25, 0.3) is 0 Å². The number of carbonyl (C=O) groups excluding carboxylic acids is 3. The van der Waals surface area contributed by atoms with E-state index in [1.807, 2.05) is 0 Å². The molecule has 0 aromatic rings. The Morgan fingerprint density at radius 2 is 0.859 bits per heavy atom. The van der Waals surface area contributed by atoms with E-state index >= 15 is 0 Å². The van der Waals surface area contributed by atoms with E-state index in [9.17, 15) is 111 Å². The Hall–Kier alpha value is -2.83. The molecule has 0 radical (unpaired) electrons. The summed E-state index contributed by atoms with van der Waals surface area (Å²) >= 11 is 0. The molecule has 6 aliphatic rings. The van der Waals surface area contributed by atoms with E-state index in [2.05, 4.69) is 16.0 Å². The van der Waals surface area contributed by atoms with E-state index < -0.39 is 266 Å². The van der Waals surface area contributed by atoms with Crippen molar-refractivity contribution in [2.24, 2.45) is 0 Å². The van der Waals surface area contributed by atoms with Gasteiger partial charge in [-0.15, -0.1) is 0 Å². The molecule has 37 heteroatoms. The molecule has 0 aromatic carbocycles. The summed E-state index contributed by atoms with van der Waals surface area (Å²) < 4.78 is 70.3. The van der Waals surface area contributed by atoms with Gasteiger partial charge in [-0.2, -0.15) is 0 Å². The van der Waals surface area contributed by atoms with Gasteiger partial charge in [0, 0.05) is 20.8 Å². The van der Waals surface area contributed by atoms with Crippen LogP contribution in [0.5, 0.6) is 0 Å². The summed E-state index contributed by atoms with van der Waals surface area (Å²) in [7, 11) is 0. The number of ether oxygens (including phenoxy) is 12. The highest BCUT2D eigenvalue weighted by Gasteiger charge is 2.58. The van der Waals surface area contributed by atoms with Gasteiger partial charge in [-0.25, -0.2) is 0 Å². The van der Waals surface area contributed by atoms with Crippen molar-refractivity contribution in [3.05, 3.63) is 0 Å². The SMILES string of the molecule is CC(=O)N[C@H]1[C@H](OC[C@@H](O)[C@H](O)[C@H](O[C@@H]2O[C@H](CO)[C@H](O)[C@H](O[C@H]3O[C@H](CO)[C@H](O)[C@H](O)[C@H]3NC(C)=O)[C@H]2O[C@@H]2O[C@@H](C)[C@@H](O)[C@@H](O)[C@@H]2O)[C@H](CO)NC(C)=O)O[C@H](CO)[C@@H](O[C@@H]2O[C@H](CO)[C@H](O)[C@H](O)[C@H]2O[C@@H]2O[C@@H](C)[C@@H](O)[C@@H](O)[C@@H]2O)[C@@H]1O. The fourth-order valence-electron chi connectivity index (χ4n) is 10.6. The molecule has 0 saturated carbocycles. The maximum atomic E-state index is 12.7. The highest BCUT2D eigenvalue weighted by atomic mass is 16.8. The summed E-state index contributed by atoms with van der Waals surface area (Å²) in [4.78, 5) is 37.7. The number of amides is 3. The van der Waals surface area contributed by atoms with Crippen molar-refractivity contribution in [2.75, 3.05) is 39.6 Å². The summed E-state index contributed by atoms with van der Waals surface area (Å²) in [6.45, 7) is -0.767. The Balaban J connectivity index is 1.29. The molecule has 6 saturated heterocycles. The lowest BCUT2D eigenvalue weighted by molar-refractivity contribution is -0.392. The van der Waals surface area contributed by atoms with E-state index in [0.29, 0.717) is 0 Å². The first-order valence-corrected chi connectivity index (χ1v) is 27.2. The first-order chi connectivity index (χ1) is 40.0. The third-order valence-corrected chi connectivity index (χ3v) is 15.3. The second kappa shape index (κ2) is 31.3. The van der Waals surface area contributed by atoms with Crippen molar-refractivity contribution < 1.29 is 168 Å². The third kappa shape index (κ3) is 16.4. The summed E-state index contributed by atoms with van der Waals surface area (Å²) in [5.41, 5.74) is 0. The van der Waals surface area contributed by atoms with Gasteiger partial charge in [0.1, 0.15) is 152 Å². The second-order valence-electron chi connectivity index (χ2n) is 21.5. The minimum Gasteiger partial charge on any atom is -0.394 e. The second-order valence-corrected chi connectivity index (χ2v) is 21.5. The van der Waals surface area contributed by atoms with Crippen molar-refractivity contribution in [1.29, 1.82) is 0 Å². The van der Waals surface area contributed by atoms with Gasteiger partial charge in [0.05, 0.1) is 57.9 Å². The van der Waals surface area contributed by atoms with E-state index in [1.165, 1.54) is 13.8 Å². The average Bonchev–Trinajstić information content (AvgIpc) is 3.03. The van der Waals surface area contributed by atoms with E-state index in [1.54, 1.807) is 0 Å². The lowest BCUT2D eigenvalue weighted by Crippen LogP contribution is -2.69. The van der Waals surface area contributed by atoms with Crippen LogP contribution in [0.15, 0.2) is 0 Å². The van der Waals surface area contributed by atoms with Crippen molar-refractivity contribution in [3.8, 4) is 0 Å². The standard InChI is InChI=1S/C48H83N3O34/c1-12-25(61)33(69)36(72)45(75-12)84-41-35(71)29(65)20(8-54)78-47(41)82-39-22(10-56)80-43(24(32(39)68)51-16(5)59)74-11-18(60)27(63)38(17(6-52)49-14(3)57)81-48-42(85-46-37(73)34(70)26(62)13(2)76-46)40(30(66)21(9-55)79-48)83-44-23(50-15(4)58)31(67)28(64)19(7-53)77-44/h12-13,17-48,52-56,60-73H,6-11H2,1-5H3,(H,49,57)(H,50,58)(H,51,59)/t12-,13-,17-,18+,19+,20+,21+,22+,23+,24+,25+,26+,27-,28-,29-,30-,31+,32+,33+,34+,35-,36-,37-,38+,39+,40-,41+,42+,43+,44+,45-,46-,47-,48-/m0/s1. The molecule has 22 N–H and O–H groups in total. The van der Waals surface area contributed by atoms with Gasteiger partial charge < -0.3 is 170 Å². The molecular weight excluding hydrogens is 1160 g/mol. The maximum absolute atomic E-state index is 12.7. The van der Waals surface area contributed by atoms with Gasteiger partial charge >= 0.3 is 0 Å². The number of nitrogens with one attached hydrogen (secondary N) is 3. The number of hydrogen-bond donors (Lipinski definition) is 22. The molecule has 0 aliphatic carbocycles. The zero-order valence-electron chi connectivity index (χ0n) is 46.5. The largest absolute Gasteiger partial charge is 0.394 e. The lowest BCUT2D eigenvalue weighted by atomic mass is 9.94. The van der Waals surface area contributed by atoms with Crippen molar-refractivity contribution in [2.45, 2.75) is 243 Å². The summed E-state index contributed by atoms with van der Waals surface area (Å²) in [6, 6.07) is -5.28. The van der Waals surface area contributed by atoms with Crippen molar-refractivity contribution >= 4 is 17.7 Å². The van der Waals surface area contributed by atoms with Crippen LogP contribution in [-0.4, -0.2) is 363 Å². The summed E-state index contributed by atoms with van der Waals surface area (Å²) in [6.07, 6.45) is -59.4. The minimum atomic E-state index is -2.42. The molecule has 0 unspecified atom stereocenters. The minimum absolute atomic E-state index is 0.817. The Morgan fingerprint density at radius 3 is 1.35 bits per heavy atom.